The monoisotopic (exact) mass is 212 g/mol. The van der Waals surface area contributed by atoms with Crippen molar-refractivity contribution < 1.29 is 9.84 Å². The second-order valence-corrected chi connectivity index (χ2v) is 2.93. The Bertz CT molecular complexity index is 235. The van der Waals surface area contributed by atoms with Crippen molar-refractivity contribution >= 4 is 5.69 Å². The minimum Gasteiger partial charge on any atom is -0.491 e. The van der Waals surface area contributed by atoms with Gasteiger partial charge in [0.2, 0.25) is 0 Å². The van der Waals surface area contributed by atoms with Gasteiger partial charge in [-0.05, 0) is 37.2 Å². The summed E-state index contributed by atoms with van der Waals surface area (Å²) in [5.41, 5.74) is 11.2. The lowest BCUT2D eigenvalue weighted by Crippen LogP contribution is -2.01. The van der Waals surface area contributed by atoms with Crippen LogP contribution in [0.25, 0.3) is 0 Å². The zero-order valence-electron chi connectivity index (χ0n) is 9.15. The van der Waals surface area contributed by atoms with Crippen LogP contribution in [-0.2, 0) is 0 Å². The maximum absolute atomic E-state index is 8.43. The Morgan fingerprint density at radius 1 is 1.27 bits per heavy atom. The van der Waals surface area contributed by atoms with E-state index in [0.717, 1.165) is 18.7 Å². The Morgan fingerprint density at radius 3 is 2.20 bits per heavy atom. The molecule has 0 heterocycles. The minimum absolute atomic E-state index is 0.0321. The van der Waals surface area contributed by atoms with Crippen LogP contribution in [0.1, 0.15) is 13.3 Å². The number of nitrogen functional groups attached to an aromatic ring is 1. The molecular formula is C11H20N2O2. The molecule has 86 valence electrons. The molecule has 4 heteroatoms. The van der Waals surface area contributed by atoms with Crippen molar-refractivity contribution in [2.24, 2.45) is 5.73 Å². The summed E-state index contributed by atoms with van der Waals surface area (Å²) in [7, 11) is 0. The first-order chi connectivity index (χ1) is 7.24. The van der Waals surface area contributed by atoms with Crippen LogP contribution in [0.15, 0.2) is 24.3 Å². The SMILES string of the molecule is CCCN.Nc1ccc(OCCO)cc1. The first-order valence-corrected chi connectivity index (χ1v) is 5.03. The highest BCUT2D eigenvalue weighted by molar-refractivity contribution is 5.41. The van der Waals surface area contributed by atoms with Gasteiger partial charge in [0.05, 0.1) is 6.61 Å². The molecule has 0 aromatic heterocycles. The normalized spacial score (nSPS) is 9.00. The van der Waals surface area contributed by atoms with Crippen molar-refractivity contribution in [2.45, 2.75) is 13.3 Å². The summed E-state index contributed by atoms with van der Waals surface area (Å²) in [6, 6.07) is 7.05. The third kappa shape index (κ3) is 7.78. The maximum atomic E-state index is 8.43. The maximum Gasteiger partial charge on any atom is 0.119 e. The van der Waals surface area contributed by atoms with Crippen LogP contribution in [0, 0.1) is 0 Å². The number of nitrogens with two attached hydrogens (primary N) is 2. The molecule has 1 aromatic carbocycles. The quantitative estimate of drug-likeness (QED) is 0.650. The lowest BCUT2D eigenvalue weighted by atomic mass is 10.3. The number of benzene rings is 1. The van der Waals surface area contributed by atoms with Gasteiger partial charge in [0.1, 0.15) is 12.4 Å². The van der Waals surface area contributed by atoms with Gasteiger partial charge < -0.3 is 21.3 Å². The van der Waals surface area contributed by atoms with Crippen LogP contribution in [0.5, 0.6) is 5.75 Å². The Balaban J connectivity index is 0.000000423. The first kappa shape index (κ1) is 13.7. The fourth-order valence-electron chi connectivity index (χ4n) is 0.728. The van der Waals surface area contributed by atoms with Crippen molar-refractivity contribution in [3.63, 3.8) is 0 Å². The standard InChI is InChI=1S/C8H11NO2.C3H9N/c9-7-1-3-8(4-2-7)11-6-5-10;1-2-3-4/h1-4,10H,5-6,9H2;2-4H2,1H3. The van der Waals surface area contributed by atoms with Crippen LogP contribution >= 0.6 is 0 Å². The summed E-state index contributed by atoms with van der Waals surface area (Å²) in [4.78, 5) is 0. The van der Waals surface area contributed by atoms with E-state index in [0.29, 0.717) is 12.3 Å². The van der Waals surface area contributed by atoms with E-state index in [-0.39, 0.29) is 6.61 Å². The number of hydrogen-bond acceptors (Lipinski definition) is 4. The topological polar surface area (TPSA) is 81.5 Å². The van der Waals surface area contributed by atoms with E-state index in [1.54, 1.807) is 24.3 Å². The third-order valence-corrected chi connectivity index (χ3v) is 1.53. The smallest absolute Gasteiger partial charge is 0.119 e. The van der Waals surface area contributed by atoms with Gasteiger partial charge in [0.15, 0.2) is 0 Å². The summed E-state index contributed by atoms with van der Waals surface area (Å²) in [5.74, 6) is 0.730. The van der Waals surface area contributed by atoms with E-state index in [4.69, 9.17) is 21.3 Å². The second kappa shape index (κ2) is 9.30. The first-order valence-electron chi connectivity index (χ1n) is 5.03. The summed E-state index contributed by atoms with van der Waals surface area (Å²) >= 11 is 0. The molecule has 0 radical (unpaired) electrons. The molecule has 0 saturated carbocycles. The average molecular weight is 212 g/mol. The molecule has 4 nitrogen and oxygen atoms in total. The largest absolute Gasteiger partial charge is 0.491 e. The molecule has 0 atom stereocenters. The van der Waals surface area contributed by atoms with Crippen LogP contribution in [0.4, 0.5) is 5.69 Å². The average Bonchev–Trinajstić information content (AvgIpc) is 2.29. The van der Waals surface area contributed by atoms with E-state index in [2.05, 4.69) is 6.92 Å². The van der Waals surface area contributed by atoms with E-state index in [9.17, 15) is 0 Å². The van der Waals surface area contributed by atoms with Gasteiger partial charge in [0, 0.05) is 5.69 Å². The van der Waals surface area contributed by atoms with Crippen molar-refractivity contribution in [3.05, 3.63) is 24.3 Å². The fraction of sp³-hybridized carbons (Fsp3) is 0.455. The molecule has 0 amide bonds. The lowest BCUT2D eigenvalue weighted by Gasteiger charge is -2.02. The van der Waals surface area contributed by atoms with Crippen molar-refractivity contribution in [1.82, 2.24) is 0 Å². The van der Waals surface area contributed by atoms with Crippen LogP contribution in [-0.4, -0.2) is 24.9 Å². The summed E-state index contributed by atoms with van der Waals surface area (Å²) < 4.78 is 5.10. The van der Waals surface area contributed by atoms with Gasteiger partial charge >= 0.3 is 0 Å². The third-order valence-electron chi connectivity index (χ3n) is 1.53. The second-order valence-electron chi connectivity index (χ2n) is 2.93. The molecule has 1 aromatic rings. The molecule has 5 N–H and O–H groups in total. The lowest BCUT2D eigenvalue weighted by molar-refractivity contribution is 0.201. The Labute approximate surface area is 90.8 Å². The minimum atomic E-state index is 0.0321. The molecule has 0 fully saturated rings. The van der Waals surface area contributed by atoms with Crippen LogP contribution in [0.3, 0.4) is 0 Å². The number of aliphatic hydroxyl groups is 1. The molecule has 0 bridgehead atoms. The van der Waals surface area contributed by atoms with Crippen molar-refractivity contribution in [2.75, 3.05) is 25.5 Å². The summed E-state index contributed by atoms with van der Waals surface area (Å²) in [6.07, 6.45) is 1.10. The molecule has 0 aliphatic carbocycles. The molecule has 0 spiro atoms. The molecule has 15 heavy (non-hydrogen) atoms. The number of rotatable bonds is 4. The summed E-state index contributed by atoms with van der Waals surface area (Å²) in [5, 5.41) is 8.43. The van der Waals surface area contributed by atoms with Crippen molar-refractivity contribution in [3.8, 4) is 5.75 Å². The molecule has 0 saturated heterocycles. The Kier molecular flexibility index (Phi) is 8.52. The van der Waals surface area contributed by atoms with Crippen LogP contribution < -0.4 is 16.2 Å². The summed E-state index contributed by atoms with van der Waals surface area (Å²) in [6.45, 7) is 3.23. The van der Waals surface area contributed by atoms with Gasteiger partial charge in [0.25, 0.3) is 0 Å². The van der Waals surface area contributed by atoms with Crippen molar-refractivity contribution in [1.29, 1.82) is 0 Å². The van der Waals surface area contributed by atoms with E-state index in [1.807, 2.05) is 0 Å². The van der Waals surface area contributed by atoms with Gasteiger partial charge in [-0.2, -0.15) is 0 Å². The highest BCUT2D eigenvalue weighted by atomic mass is 16.5. The Morgan fingerprint density at radius 2 is 1.80 bits per heavy atom. The molecular weight excluding hydrogens is 192 g/mol. The van der Waals surface area contributed by atoms with Gasteiger partial charge in [-0.15, -0.1) is 0 Å². The molecule has 0 unspecified atom stereocenters. The van der Waals surface area contributed by atoms with Gasteiger partial charge in [-0.25, -0.2) is 0 Å². The fourth-order valence-corrected chi connectivity index (χ4v) is 0.728. The zero-order valence-corrected chi connectivity index (χ0v) is 9.15. The molecule has 0 aliphatic heterocycles. The van der Waals surface area contributed by atoms with Crippen LogP contribution in [0.2, 0.25) is 0 Å². The number of anilines is 1. The number of aliphatic hydroxyl groups excluding tert-OH is 1. The van der Waals surface area contributed by atoms with Gasteiger partial charge in [-0.1, -0.05) is 6.92 Å². The molecule has 1 rings (SSSR count). The van der Waals surface area contributed by atoms with E-state index < -0.39 is 0 Å². The highest BCUT2D eigenvalue weighted by Crippen LogP contribution is 2.12. The zero-order chi connectivity index (χ0) is 11.5. The van der Waals surface area contributed by atoms with E-state index >= 15 is 0 Å². The number of ether oxygens (including phenoxy) is 1. The predicted octanol–water partition coefficient (Wildman–Crippen LogP) is 0.995. The van der Waals surface area contributed by atoms with Gasteiger partial charge in [-0.3, -0.25) is 0 Å². The molecule has 0 aliphatic rings. The highest BCUT2D eigenvalue weighted by Gasteiger charge is 1.90. The Hall–Kier alpha value is -1.26. The van der Waals surface area contributed by atoms with E-state index in [1.165, 1.54) is 0 Å². The predicted molar refractivity (Wildman–Crippen MR) is 62.8 cm³/mol. The number of hydrogen-bond donors (Lipinski definition) is 3.